The van der Waals surface area contributed by atoms with Gasteiger partial charge in [-0.3, -0.25) is 4.79 Å². The van der Waals surface area contributed by atoms with Crippen molar-refractivity contribution in [2.45, 2.75) is 6.54 Å². The minimum Gasteiger partial charge on any atom is -0.385 e. The van der Waals surface area contributed by atoms with Gasteiger partial charge in [-0.1, -0.05) is 6.07 Å². The summed E-state index contributed by atoms with van der Waals surface area (Å²) in [6.07, 6.45) is 1.55. The van der Waals surface area contributed by atoms with Crippen LogP contribution in [0.15, 0.2) is 36.5 Å². The van der Waals surface area contributed by atoms with Crippen LogP contribution in [-0.4, -0.2) is 23.2 Å². The molecule has 0 saturated carbocycles. The van der Waals surface area contributed by atoms with Gasteiger partial charge in [0, 0.05) is 13.2 Å². The number of aromatic nitrogens is 2. The van der Waals surface area contributed by atoms with Gasteiger partial charge in [0.2, 0.25) is 0 Å². The topological polar surface area (TPSA) is 66.9 Å². The fourth-order valence-corrected chi connectivity index (χ4v) is 1.66. The molecule has 0 saturated heterocycles. The van der Waals surface area contributed by atoms with Crippen LogP contribution in [0.1, 0.15) is 16.1 Å². The van der Waals surface area contributed by atoms with Crippen molar-refractivity contribution in [3.63, 3.8) is 0 Å². The highest BCUT2D eigenvalue weighted by molar-refractivity contribution is 5.99. The Labute approximate surface area is 109 Å². The number of benzene rings is 1. The molecule has 1 heterocycles. The van der Waals surface area contributed by atoms with E-state index in [4.69, 9.17) is 0 Å². The first-order chi connectivity index (χ1) is 9.22. The molecular formula is C13H13FN4O. The number of carbonyl (C=O) groups is 1. The van der Waals surface area contributed by atoms with E-state index in [1.54, 1.807) is 31.4 Å². The summed E-state index contributed by atoms with van der Waals surface area (Å²) < 4.78 is 13.5. The summed E-state index contributed by atoms with van der Waals surface area (Å²) >= 11 is 0. The van der Waals surface area contributed by atoms with E-state index in [2.05, 4.69) is 20.8 Å². The Morgan fingerprint density at radius 1 is 1.32 bits per heavy atom. The van der Waals surface area contributed by atoms with Gasteiger partial charge in [-0.25, -0.2) is 4.39 Å². The molecule has 0 bridgehead atoms. The van der Waals surface area contributed by atoms with E-state index in [0.717, 1.165) is 0 Å². The predicted octanol–water partition coefficient (Wildman–Crippen LogP) is 1.59. The fraction of sp³-hybridized carbons (Fsp3) is 0.154. The number of anilines is 1. The van der Waals surface area contributed by atoms with Gasteiger partial charge < -0.3 is 10.6 Å². The van der Waals surface area contributed by atoms with Crippen LogP contribution in [-0.2, 0) is 6.54 Å². The van der Waals surface area contributed by atoms with E-state index in [0.29, 0.717) is 5.69 Å². The Morgan fingerprint density at radius 3 is 2.84 bits per heavy atom. The van der Waals surface area contributed by atoms with Crippen molar-refractivity contribution in [3.05, 3.63) is 53.6 Å². The number of halogens is 1. The van der Waals surface area contributed by atoms with Crippen LogP contribution in [0.3, 0.4) is 0 Å². The third-order valence-electron chi connectivity index (χ3n) is 2.57. The van der Waals surface area contributed by atoms with Gasteiger partial charge in [0.1, 0.15) is 5.82 Å². The first-order valence-corrected chi connectivity index (χ1v) is 5.73. The molecule has 0 fully saturated rings. The monoisotopic (exact) mass is 260 g/mol. The summed E-state index contributed by atoms with van der Waals surface area (Å²) in [6, 6.07) is 7.83. The first-order valence-electron chi connectivity index (χ1n) is 5.73. The highest BCUT2D eigenvalue weighted by Crippen LogP contribution is 2.18. The van der Waals surface area contributed by atoms with Gasteiger partial charge in [0.25, 0.3) is 5.91 Å². The molecule has 19 heavy (non-hydrogen) atoms. The summed E-state index contributed by atoms with van der Waals surface area (Å²) in [6.45, 7) is 0.242. The van der Waals surface area contributed by atoms with Crippen LogP contribution in [0.2, 0.25) is 0 Å². The van der Waals surface area contributed by atoms with Crippen molar-refractivity contribution >= 4 is 11.6 Å². The average Bonchev–Trinajstić information content (AvgIpc) is 2.45. The molecule has 2 aromatic rings. The van der Waals surface area contributed by atoms with Crippen molar-refractivity contribution in [2.24, 2.45) is 0 Å². The Balaban J connectivity index is 2.10. The minimum atomic E-state index is -0.463. The van der Waals surface area contributed by atoms with Crippen molar-refractivity contribution in [3.8, 4) is 0 Å². The van der Waals surface area contributed by atoms with Gasteiger partial charge in [-0.15, -0.1) is 0 Å². The number of nitrogens with one attached hydrogen (secondary N) is 2. The van der Waals surface area contributed by atoms with Gasteiger partial charge in [0.05, 0.1) is 23.5 Å². The zero-order valence-corrected chi connectivity index (χ0v) is 10.4. The minimum absolute atomic E-state index is 0.180. The number of para-hydroxylation sites is 1. The van der Waals surface area contributed by atoms with E-state index in [-0.39, 0.29) is 23.7 Å². The Bertz CT molecular complexity index is 574. The van der Waals surface area contributed by atoms with Gasteiger partial charge in [-0.05, 0) is 24.3 Å². The molecule has 98 valence electrons. The van der Waals surface area contributed by atoms with Gasteiger partial charge in [0.15, 0.2) is 0 Å². The lowest BCUT2D eigenvalue weighted by Gasteiger charge is -2.10. The summed E-state index contributed by atoms with van der Waals surface area (Å²) in [5, 5.41) is 12.9. The molecule has 6 heteroatoms. The third-order valence-corrected chi connectivity index (χ3v) is 2.57. The molecular weight excluding hydrogens is 247 g/mol. The summed E-state index contributed by atoms with van der Waals surface area (Å²) in [5.41, 5.74) is 1.07. The zero-order chi connectivity index (χ0) is 13.7. The molecule has 2 rings (SSSR count). The molecule has 0 spiro atoms. The average molecular weight is 260 g/mol. The predicted molar refractivity (Wildman–Crippen MR) is 69.1 cm³/mol. The second-order valence-corrected chi connectivity index (χ2v) is 3.81. The van der Waals surface area contributed by atoms with Crippen LogP contribution in [0.4, 0.5) is 10.1 Å². The molecule has 0 aliphatic rings. The Hall–Kier alpha value is -2.50. The lowest BCUT2D eigenvalue weighted by molar-refractivity contribution is 0.0950. The van der Waals surface area contributed by atoms with Crippen molar-refractivity contribution in [1.29, 1.82) is 0 Å². The molecule has 0 aliphatic heterocycles. The number of carbonyl (C=O) groups excluding carboxylic acids is 1. The van der Waals surface area contributed by atoms with Gasteiger partial charge >= 0.3 is 0 Å². The fourth-order valence-electron chi connectivity index (χ4n) is 1.66. The molecule has 5 nitrogen and oxygen atoms in total. The number of hydrogen-bond acceptors (Lipinski definition) is 4. The summed E-state index contributed by atoms with van der Waals surface area (Å²) in [7, 11) is 1.57. The van der Waals surface area contributed by atoms with Crippen LogP contribution in [0.5, 0.6) is 0 Å². The lowest BCUT2D eigenvalue weighted by atomic mass is 10.1. The zero-order valence-electron chi connectivity index (χ0n) is 10.4. The molecule has 1 aromatic carbocycles. The maximum absolute atomic E-state index is 13.5. The van der Waals surface area contributed by atoms with Crippen LogP contribution in [0.25, 0.3) is 0 Å². The third kappa shape index (κ3) is 3.04. The van der Waals surface area contributed by atoms with Crippen molar-refractivity contribution in [1.82, 2.24) is 15.5 Å². The van der Waals surface area contributed by atoms with Crippen LogP contribution < -0.4 is 10.6 Å². The molecule has 1 amide bonds. The molecule has 0 unspecified atom stereocenters. The second kappa shape index (κ2) is 5.90. The van der Waals surface area contributed by atoms with Crippen LogP contribution >= 0.6 is 0 Å². The highest BCUT2D eigenvalue weighted by Gasteiger charge is 2.13. The Morgan fingerprint density at radius 2 is 2.16 bits per heavy atom. The second-order valence-electron chi connectivity index (χ2n) is 3.81. The van der Waals surface area contributed by atoms with Crippen molar-refractivity contribution < 1.29 is 9.18 Å². The standard InChI is InChI=1S/C13H13FN4O/c1-15-12-10(5-2-6-11(12)14)13(19)16-8-9-4-3-7-17-18-9/h2-7,15H,8H2,1H3,(H,16,19). The largest absolute Gasteiger partial charge is 0.385 e. The summed E-state index contributed by atoms with van der Waals surface area (Å²) in [4.78, 5) is 12.0. The van der Waals surface area contributed by atoms with Gasteiger partial charge in [-0.2, -0.15) is 10.2 Å². The maximum Gasteiger partial charge on any atom is 0.253 e. The SMILES string of the molecule is CNc1c(F)cccc1C(=O)NCc1cccnn1. The smallest absolute Gasteiger partial charge is 0.253 e. The Kier molecular flexibility index (Phi) is 4.02. The van der Waals surface area contributed by atoms with Crippen LogP contribution in [0, 0.1) is 5.82 Å². The first kappa shape index (κ1) is 12.9. The molecule has 0 aliphatic carbocycles. The van der Waals surface area contributed by atoms with E-state index in [9.17, 15) is 9.18 Å². The number of hydrogen-bond donors (Lipinski definition) is 2. The van der Waals surface area contributed by atoms with E-state index in [1.807, 2.05) is 0 Å². The van der Waals surface area contributed by atoms with Crippen molar-refractivity contribution in [2.75, 3.05) is 12.4 Å². The number of rotatable bonds is 4. The van der Waals surface area contributed by atoms with E-state index >= 15 is 0 Å². The molecule has 0 radical (unpaired) electrons. The molecule has 1 aromatic heterocycles. The lowest BCUT2D eigenvalue weighted by Crippen LogP contribution is -2.24. The van der Waals surface area contributed by atoms with E-state index < -0.39 is 5.82 Å². The molecule has 0 atom stereocenters. The summed E-state index contributed by atoms with van der Waals surface area (Å²) in [5.74, 6) is -0.829. The quantitative estimate of drug-likeness (QED) is 0.876. The normalized spacial score (nSPS) is 10.0. The molecule has 2 N–H and O–H groups in total. The number of nitrogens with zero attached hydrogens (tertiary/aromatic N) is 2. The highest BCUT2D eigenvalue weighted by atomic mass is 19.1. The van der Waals surface area contributed by atoms with E-state index in [1.165, 1.54) is 12.1 Å². The number of amides is 1. The maximum atomic E-state index is 13.5.